The van der Waals surface area contributed by atoms with Gasteiger partial charge in [-0.2, -0.15) is 13.2 Å². The Bertz CT molecular complexity index is 403. The van der Waals surface area contributed by atoms with Crippen molar-refractivity contribution in [3.63, 3.8) is 0 Å². The van der Waals surface area contributed by atoms with Crippen molar-refractivity contribution in [2.75, 3.05) is 20.2 Å². The highest BCUT2D eigenvalue weighted by Crippen LogP contribution is 2.37. The van der Waals surface area contributed by atoms with E-state index in [9.17, 15) is 13.2 Å². The Morgan fingerprint density at radius 2 is 2.18 bits per heavy atom. The van der Waals surface area contributed by atoms with Crippen LogP contribution in [0.3, 0.4) is 0 Å². The smallest absolute Gasteiger partial charge is 0.372 e. The summed E-state index contributed by atoms with van der Waals surface area (Å²) < 4.78 is 44.0. The number of alkyl halides is 3. The molecule has 2 nitrogen and oxygen atoms in total. The van der Waals surface area contributed by atoms with E-state index in [1.165, 1.54) is 6.07 Å². The molecule has 0 saturated carbocycles. The zero-order chi connectivity index (χ0) is 12.5. The highest BCUT2D eigenvalue weighted by molar-refractivity contribution is 5.40. The van der Waals surface area contributed by atoms with Crippen molar-refractivity contribution >= 4 is 0 Å². The largest absolute Gasteiger partial charge is 0.416 e. The van der Waals surface area contributed by atoms with Gasteiger partial charge in [0.15, 0.2) is 0 Å². The molecule has 1 aliphatic rings. The Morgan fingerprint density at radius 3 is 2.82 bits per heavy atom. The molecule has 1 unspecified atom stereocenters. The lowest BCUT2D eigenvalue weighted by Gasteiger charge is -2.28. The Morgan fingerprint density at radius 1 is 1.41 bits per heavy atom. The molecule has 0 fully saturated rings. The van der Waals surface area contributed by atoms with E-state index >= 15 is 0 Å². The molecule has 0 spiro atoms. The molecular formula is C12H14F3NO. The first-order valence-corrected chi connectivity index (χ1v) is 5.49. The summed E-state index contributed by atoms with van der Waals surface area (Å²) in [5.41, 5.74) is 0.506. The van der Waals surface area contributed by atoms with E-state index in [-0.39, 0.29) is 6.10 Å². The van der Waals surface area contributed by atoms with Gasteiger partial charge in [-0.25, -0.2) is 0 Å². The number of likely N-dealkylation sites (N-methyl/N-ethyl adjacent to an activating group) is 1. The summed E-state index contributed by atoms with van der Waals surface area (Å²) in [7, 11) is 1.76. The number of halogens is 3. The molecule has 1 atom stereocenters. The van der Waals surface area contributed by atoms with Gasteiger partial charge in [0.25, 0.3) is 0 Å². The summed E-state index contributed by atoms with van der Waals surface area (Å²) in [5, 5.41) is 2.93. The Kier molecular flexibility index (Phi) is 3.40. The van der Waals surface area contributed by atoms with Crippen molar-refractivity contribution in [1.29, 1.82) is 0 Å². The second-order valence-corrected chi connectivity index (χ2v) is 4.04. The minimum absolute atomic E-state index is 0.286. The van der Waals surface area contributed by atoms with Gasteiger partial charge in [0.1, 0.15) is 0 Å². The molecule has 1 aromatic rings. The fourth-order valence-corrected chi connectivity index (χ4v) is 2.20. The molecule has 1 aliphatic heterocycles. The van der Waals surface area contributed by atoms with Crippen LogP contribution in [0.15, 0.2) is 18.2 Å². The zero-order valence-corrected chi connectivity index (χ0v) is 9.47. The van der Waals surface area contributed by atoms with Gasteiger partial charge in [0.05, 0.1) is 18.3 Å². The van der Waals surface area contributed by atoms with Gasteiger partial charge in [-0.3, -0.25) is 0 Å². The van der Waals surface area contributed by atoms with Crippen LogP contribution >= 0.6 is 0 Å². The van der Waals surface area contributed by atoms with E-state index in [1.807, 2.05) is 0 Å². The molecule has 17 heavy (non-hydrogen) atoms. The summed E-state index contributed by atoms with van der Waals surface area (Å²) in [5.74, 6) is 0. The predicted molar refractivity (Wildman–Crippen MR) is 57.8 cm³/mol. The molecule has 1 aromatic carbocycles. The number of benzene rings is 1. The third-order valence-corrected chi connectivity index (χ3v) is 2.93. The number of nitrogens with one attached hydrogen (secondary N) is 1. The third-order valence-electron chi connectivity index (χ3n) is 2.93. The van der Waals surface area contributed by atoms with Crippen molar-refractivity contribution in [1.82, 2.24) is 5.32 Å². The quantitative estimate of drug-likeness (QED) is 0.864. The van der Waals surface area contributed by atoms with Crippen molar-refractivity contribution in [2.24, 2.45) is 0 Å². The van der Waals surface area contributed by atoms with Crippen LogP contribution in [-0.4, -0.2) is 20.2 Å². The Hall–Kier alpha value is -1.07. The predicted octanol–water partition coefficient (Wildman–Crippen LogP) is 2.54. The molecule has 0 bridgehead atoms. The first kappa shape index (κ1) is 12.4. The number of hydrogen-bond acceptors (Lipinski definition) is 2. The minimum Gasteiger partial charge on any atom is -0.372 e. The van der Waals surface area contributed by atoms with Crippen LogP contribution in [0.25, 0.3) is 0 Å². The summed E-state index contributed by atoms with van der Waals surface area (Å²) in [6.45, 7) is 0.862. The van der Waals surface area contributed by atoms with E-state index < -0.39 is 11.7 Å². The summed E-state index contributed by atoms with van der Waals surface area (Å²) in [6, 6.07) is 4.30. The molecule has 0 aromatic heterocycles. The van der Waals surface area contributed by atoms with E-state index in [0.717, 1.165) is 6.07 Å². The molecule has 94 valence electrons. The van der Waals surface area contributed by atoms with Crippen LogP contribution in [0, 0.1) is 0 Å². The number of hydrogen-bond donors (Lipinski definition) is 1. The van der Waals surface area contributed by atoms with Crippen LogP contribution in [0.1, 0.15) is 22.8 Å². The standard InChI is InChI=1S/C12H14F3NO/c1-16-7-11-9-3-2-4-10(12(13,14)15)8(9)5-6-17-11/h2-4,11,16H,5-7H2,1H3. The fourth-order valence-electron chi connectivity index (χ4n) is 2.20. The van der Waals surface area contributed by atoms with Crippen molar-refractivity contribution < 1.29 is 17.9 Å². The minimum atomic E-state index is -4.28. The highest BCUT2D eigenvalue weighted by atomic mass is 19.4. The van der Waals surface area contributed by atoms with E-state index in [4.69, 9.17) is 4.74 Å². The number of rotatable bonds is 2. The average Bonchev–Trinajstić information content (AvgIpc) is 2.28. The Balaban J connectivity index is 2.44. The summed E-state index contributed by atoms with van der Waals surface area (Å²) >= 11 is 0. The maximum Gasteiger partial charge on any atom is 0.416 e. The van der Waals surface area contributed by atoms with Crippen LogP contribution in [0.2, 0.25) is 0 Å². The van der Waals surface area contributed by atoms with Gasteiger partial charge in [0.2, 0.25) is 0 Å². The van der Waals surface area contributed by atoms with Gasteiger partial charge in [0, 0.05) is 6.54 Å². The van der Waals surface area contributed by atoms with Crippen molar-refractivity contribution in [3.8, 4) is 0 Å². The van der Waals surface area contributed by atoms with E-state index in [0.29, 0.717) is 30.7 Å². The van der Waals surface area contributed by atoms with E-state index in [1.54, 1.807) is 13.1 Å². The van der Waals surface area contributed by atoms with Crippen LogP contribution in [0.5, 0.6) is 0 Å². The second kappa shape index (κ2) is 4.66. The van der Waals surface area contributed by atoms with E-state index in [2.05, 4.69) is 5.32 Å². The number of ether oxygens (including phenoxy) is 1. The Labute approximate surface area is 97.8 Å². The van der Waals surface area contributed by atoms with Gasteiger partial charge in [-0.15, -0.1) is 0 Å². The maximum absolute atomic E-state index is 12.8. The lowest BCUT2D eigenvalue weighted by molar-refractivity contribution is -0.138. The summed E-state index contributed by atoms with van der Waals surface area (Å²) in [4.78, 5) is 0. The summed E-state index contributed by atoms with van der Waals surface area (Å²) in [6.07, 6.45) is -4.25. The van der Waals surface area contributed by atoms with Gasteiger partial charge < -0.3 is 10.1 Å². The van der Waals surface area contributed by atoms with Crippen molar-refractivity contribution in [2.45, 2.75) is 18.7 Å². The number of fused-ring (bicyclic) bond motifs is 1. The maximum atomic E-state index is 12.8. The molecule has 0 saturated heterocycles. The lowest BCUT2D eigenvalue weighted by atomic mass is 9.92. The normalized spacial score (nSPS) is 20.1. The first-order chi connectivity index (χ1) is 8.04. The van der Waals surface area contributed by atoms with Crippen LogP contribution in [0.4, 0.5) is 13.2 Å². The van der Waals surface area contributed by atoms with Gasteiger partial charge >= 0.3 is 6.18 Å². The molecule has 0 radical (unpaired) electrons. The molecule has 1 N–H and O–H groups in total. The third kappa shape index (κ3) is 2.45. The molecule has 0 amide bonds. The SMILES string of the molecule is CNCC1OCCc2c1cccc2C(F)(F)F. The van der Waals surface area contributed by atoms with Gasteiger partial charge in [-0.1, -0.05) is 12.1 Å². The highest BCUT2D eigenvalue weighted by Gasteiger charge is 2.36. The topological polar surface area (TPSA) is 21.3 Å². The fraction of sp³-hybridized carbons (Fsp3) is 0.500. The lowest BCUT2D eigenvalue weighted by Crippen LogP contribution is -2.27. The molecular weight excluding hydrogens is 231 g/mol. The molecule has 1 heterocycles. The van der Waals surface area contributed by atoms with Crippen molar-refractivity contribution in [3.05, 3.63) is 34.9 Å². The molecule has 5 heteroatoms. The van der Waals surface area contributed by atoms with Gasteiger partial charge in [-0.05, 0) is 30.7 Å². The van der Waals surface area contributed by atoms with Crippen LogP contribution < -0.4 is 5.32 Å². The molecule has 0 aliphatic carbocycles. The average molecular weight is 245 g/mol. The first-order valence-electron chi connectivity index (χ1n) is 5.49. The monoisotopic (exact) mass is 245 g/mol. The van der Waals surface area contributed by atoms with Crippen LogP contribution in [-0.2, 0) is 17.3 Å². The molecule has 2 rings (SSSR count). The second-order valence-electron chi connectivity index (χ2n) is 4.04. The zero-order valence-electron chi connectivity index (χ0n) is 9.47.